The second kappa shape index (κ2) is 5.31. The summed E-state index contributed by atoms with van der Waals surface area (Å²) in [5.41, 5.74) is 1.97. The average molecular weight is 328 g/mol. The lowest BCUT2D eigenvalue weighted by Gasteiger charge is -2.42. The number of hydrogen-bond donors (Lipinski definition) is 1. The molecule has 0 aromatic heterocycles. The van der Waals surface area contributed by atoms with E-state index in [2.05, 4.69) is 0 Å². The molecule has 0 radical (unpaired) electrons. The molecule has 24 heavy (non-hydrogen) atoms. The van der Waals surface area contributed by atoms with Gasteiger partial charge in [0.2, 0.25) is 12.6 Å². The lowest BCUT2D eigenvalue weighted by atomic mass is 9.75. The van der Waals surface area contributed by atoms with E-state index in [1.165, 1.54) is 0 Å². The smallest absolute Gasteiger partial charge is 0.231 e. The maximum absolute atomic E-state index is 10.8. The Morgan fingerprint density at radius 1 is 1.08 bits per heavy atom. The quantitative estimate of drug-likeness (QED) is 0.917. The molecular formula is C19H20O5. The van der Waals surface area contributed by atoms with Crippen molar-refractivity contribution in [2.75, 3.05) is 13.9 Å². The second-order valence-electron chi connectivity index (χ2n) is 6.41. The molecule has 5 heteroatoms. The van der Waals surface area contributed by atoms with Crippen LogP contribution in [0.4, 0.5) is 0 Å². The first-order valence-electron chi connectivity index (χ1n) is 7.99. The number of hydrogen-bond acceptors (Lipinski definition) is 5. The maximum atomic E-state index is 10.8. The van der Waals surface area contributed by atoms with Gasteiger partial charge in [0.15, 0.2) is 11.5 Å². The van der Waals surface area contributed by atoms with Crippen molar-refractivity contribution in [1.82, 2.24) is 0 Å². The van der Waals surface area contributed by atoms with E-state index in [0.29, 0.717) is 17.2 Å². The van der Waals surface area contributed by atoms with Gasteiger partial charge in [0.25, 0.3) is 0 Å². The first kappa shape index (κ1) is 15.1. The van der Waals surface area contributed by atoms with Crippen LogP contribution in [0.1, 0.15) is 30.9 Å². The maximum Gasteiger partial charge on any atom is 0.231 e. The molecule has 1 N–H and O–H groups in total. The Morgan fingerprint density at radius 2 is 1.79 bits per heavy atom. The number of methoxy groups -OCH3 is 1. The van der Waals surface area contributed by atoms with Gasteiger partial charge in [0.1, 0.15) is 11.5 Å². The minimum atomic E-state index is -1.30. The van der Waals surface area contributed by atoms with Crippen molar-refractivity contribution >= 4 is 0 Å². The van der Waals surface area contributed by atoms with E-state index in [1.807, 2.05) is 37.3 Å². The number of fused-ring (bicyclic) bond motifs is 2. The third-order valence-electron chi connectivity index (χ3n) is 4.98. The third-order valence-corrected chi connectivity index (χ3v) is 4.98. The van der Waals surface area contributed by atoms with Crippen molar-refractivity contribution in [1.29, 1.82) is 0 Å². The molecule has 0 spiro atoms. The SMILES string of the molecule is COc1ccccc1[C@H]1c2cc3c(cc2O[C@@](C)(O)[C@@H]1C)OCO3. The molecule has 2 heterocycles. The molecule has 0 amide bonds. The highest BCUT2D eigenvalue weighted by atomic mass is 16.7. The number of aliphatic hydroxyl groups is 1. The molecule has 4 rings (SSSR count). The molecule has 0 aliphatic carbocycles. The molecule has 5 nitrogen and oxygen atoms in total. The number of para-hydroxylation sites is 1. The van der Waals surface area contributed by atoms with Crippen LogP contribution in [-0.4, -0.2) is 24.8 Å². The molecule has 2 aliphatic heterocycles. The van der Waals surface area contributed by atoms with Gasteiger partial charge in [-0.1, -0.05) is 25.1 Å². The van der Waals surface area contributed by atoms with Crippen LogP contribution in [-0.2, 0) is 0 Å². The Labute approximate surface area is 140 Å². The highest BCUT2D eigenvalue weighted by Gasteiger charge is 2.45. The van der Waals surface area contributed by atoms with E-state index in [9.17, 15) is 5.11 Å². The molecular weight excluding hydrogens is 308 g/mol. The summed E-state index contributed by atoms with van der Waals surface area (Å²) in [7, 11) is 1.65. The first-order valence-corrected chi connectivity index (χ1v) is 7.99. The van der Waals surface area contributed by atoms with Crippen molar-refractivity contribution in [3.8, 4) is 23.0 Å². The van der Waals surface area contributed by atoms with Crippen LogP contribution in [0.2, 0.25) is 0 Å². The molecule has 0 saturated heterocycles. The molecule has 126 valence electrons. The van der Waals surface area contributed by atoms with Crippen molar-refractivity contribution in [2.45, 2.75) is 25.6 Å². The van der Waals surface area contributed by atoms with Crippen LogP contribution in [0.25, 0.3) is 0 Å². The van der Waals surface area contributed by atoms with Gasteiger partial charge in [-0.3, -0.25) is 0 Å². The number of benzene rings is 2. The van der Waals surface area contributed by atoms with Crippen molar-refractivity contribution in [2.24, 2.45) is 5.92 Å². The van der Waals surface area contributed by atoms with Gasteiger partial charge in [-0.25, -0.2) is 0 Å². The Balaban J connectivity index is 1.93. The largest absolute Gasteiger partial charge is 0.496 e. The number of rotatable bonds is 2. The van der Waals surface area contributed by atoms with Gasteiger partial charge in [-0.05, 0) is 12.1 Å². The Bertz CT molecular complexity index is 783. The Hall–Kier alpha value is -2.40. The molecule has 2 aromatic carbocycles. The summed E-state index contributed by atoms with van der Waals surface area (Å²) in [6, 6.07) is 11.6. The standard InChI is InChI=1S/C19H20O5/c1-11-18(12-6-4-5-7-14(12)21-3)13-8-16-17(23-10-22-16)9-15(13)24-19(11,2)20/h4-9,11,18,20H,10H2,1-3H3/t11-,18+,19-/m1/s1. The molecule has 0 unspecified atom stereocenters. The predicted molar refractivity (Wildman–Crippen MR) is 87.8 cm³/mol. The molecule has 0 saturated carbocycles. The van der Waals surface area contributed by atoms with Crippen LogP contribution in [0, 0.1) is 5.92 Å². The van der Waals surface area contributed by atoms with Crippen LogP contribution >= 0.6 is 0 Å². The van der Waals surface area contributed by atoms with Crippen LogP contribution in [0.15, 0.2) is 36.4 Å². The topological polar surface area (TPSA) is 57.2 Å². The summed E-state index contributed by atoms with van der Waals surface area (Å²) in [5, 5.41) is 10.8. The van der Waals surface area contributed by atoms with Gasteiger partial charge >= 0.3 is 0 Å². The molecule has 2 aromatic rings. The van der Waals surface area contributed by atoms with Gasteiger partial charge in [0.05, 0.1) is 7.11 Å². The molecule has 3 atom stereocenters. The van der Waals surface area contributed by atoms with Crippen LogP contribution in [0.3, 0.4) is 0 Å². The fourth-order valence-electron chi connectivity index (χ4n) is 3.52. The minimum absolute atomic E-state index is 0.0885. The zero-order valence-electron chi connectivity index (χ0n) is 13.9. The van der Waals surface area contributed by atoms with Gasteiger partial charge in [-0.15, -0.1) is 0 Å². The second-order valence-corrected chi connectivity index (χ2v) is 6.41. The summed E-state index contributed by atoms with van der Waals surface area (Å²) in [6.45, 7) is 3.86. The van der Waals surface area contributed by atoms with Crippen molar-refractivity contribution in [3.63, 3.8) is 0 Å². The fourth-order valence-corrected chi connectivity index (χ4v) is 3.52. The average Bonchev–Trinajstić information content (AvgIpc) is 3.01. The van der Waals surface area contributed by atoms with Crippen molar-refractivity contribution < 1.29 is 24.1 Å². The van der Waals surface area contributed by atoms with Crippen LogP contribution < -0.4 is 18.9 Å². The lowest BCUT2D eigenvalue weighted by molar-refractivity contribution is -0.171. The molecule has 0 bridgehead atoms. The summed E-state index contributed by atoms with van der Waals surface area (Å²) in [4.78, 5) is 0. The first-order chi connectivity index (χ1) is 11.5. The van der Waals surface area contributed by atoms with Gasteiger partial charge < -0.3 is 24.1 Å². The summed E-state index contributed by atoms with van der Waals surface area (Å²) >= 11 is 0. The van der Waals surface area contributed by atoms with Gasteiger partial charge in [0, 0.05) is 36.0 Å². The highest BCUT2D eigenvalue weighted by Crippen LogP contribution is 2.52. The van der Waals surface area contributed by atoms with E-state index in [-0.39, 0.29) is 18.6 Å². The highest BCUT2D eigenvalue weighted by molar-refractivity contribution is 5.57. The van der Waals surface area contributed by atoms with Crippen molar-refractivity contribution in [3.05, 3.63) is 47.5 Å². The van der Waals surface area contributed by atoms with E-state index < -0.39 is 5.79 Å². The molecule has 2 aliphatic rings. The van der Waals surface area contributed by atoms with E-state index in [0.717, 1.165) is 16.9 Å². The molecule has 0 fully saturated rings. The summed E-state index contributed by atoms with van der Waals surface area (Å²) in [5.74, 6) is 1.17. The van der Waals surface area contributed by atoms with E-state index >= 15 is 0 Å². The fraction of sp³-hybridized carbons (Fsp3) is 0.368. The summed E-state index contributed by atoms with van der Waals surface area (Å²) in [6.07, 6.45) is 0. The van der Waals surface area contributed by atoms with Gasteiger partial charge in [-0.2, -0.15) is 0 Å². The Morgan fingerprint density at radius 3 is 2.54 bits per heavy atom. The minimum Gasteiger partial charge on any atom is -0.496 e. The normalized spacial score (nSPS) is 27.3. The zero-order chi connectivity index (χ0) is 16.9. The lowest BCUT2D eigenvalue weighted by Crippen LogP contribution is -2.45. The predicted octanol–water partition coefficient (Wildman–Crippen LogP) is 3.29. The van der Waals surface area contributed by atoms with E-state index in [4.69, 9.17) is 18.9 Å². The summed E-state index contributed by atoms with van der Waals surface area (Å²) < 4.78 is 22.4. The monoisotopic (exact) mass is 328 g/mol. The van der Waals surface area contributed by atoms with Crippen LogP contribution in [0.5, 0.6) is 23.0 Å². The van der Waals surface area contributed by atoms with E-state index in [1.54, 1.807) is 20.1 Å². The number of ether oxygens (including phenoxy) is 4. The zero-order valence-corrected chi connectivity index (χ0v) is 13.9. The third kappa shape index (κ3) is 2.19. The Kier molecular flexibility index (Phi) is 3.35.